The Hall–Kier alpha value is -3.58. The molecule has 3 aromatic rings. The number of ether oxygens (including phenoxy) is 1. The van der Waals surface area contributed by atoms with Gasteiger partial charge >= 0.3 is 12.0 Å². The van der Waals surface area contributed by atoms with Gasteiger partial charge in [0.25, 0.3) is 0 Å². The smallest absolute Gasteiger partial charge is 0.338 e. The van der Waals surface area contributed by atoms with Crippen molar-refractivity contribution in [3.8, 4) is 16.9 Å². The number of para-hydroxylation sites is 1. The minimum Gasteiger partial charge on any atom is -0.459 e. The van der Waals surface area contributed by atoms with Crippen LogP contribution in [0.4, 0.5) is 4.79 Å². The SMILES string of the molecule is CC1=C(C(=O)OC(C)C)C(c2cn(-c3ccccc3)nc2-c2ccc(Cl)cc2)NC(=O)N1. The van der Waals surface area contributed by atoms with Crippen molar-refractivity contribution in [3.05, 3.63) is 82.7 Å². The van der Waals surface area contributed by atoms with E-state index in [4.69, 9.17) is 21.4 Å². The second-order valence-electron chi connectivity index (χ2n) is 7.74. The summed E-state index contributed by atoms with van der Waals surface area (Å²) in [7, 11) is 0. The lowest BCUT2D eigenvalue weighted by Gasteiger charge is -2.28. The molecule has 164 valence electrons. The number of aromatic nitrogens is 2. The highest BCUT2D eigenvalue weighted by atomic mass is 35.5. The summed E-state index contributed by atoms with van der Waals surface area (Å²) < 4.78 is 7.20. The van der Waals surface area contributed by atoms with Gasteiger partial charge in [0.05, 0.1) is 29.1 Å². The standard InChI is InChI=1S/C24H23ClN4O3/c1-14(2)32-23(30)20-15(3)26-24(31)27-22(20)19-13-29(18-7-5-4-6-8-18)28-21(19)16-9-11-17(25)12-10-16/h4-14,22H,1-3H3,(H2,26,27,31). The van der Waals surface area contributed by atoms with E-state index in [9.17, 15) is 9.59 Å². The third kappa shape index (κ3) is 4.38. The fourth-order valence-electron chi connectivity index (χ4n) is 3.62. The van der Waals surface area contributed by atoms with Crippen molar-refractivity contribution in [2.75, 3.05) is 0 Å². The molecule has 0 saturated carbocycles. The number of nitrogens with one attached hydrogen (secondary N) is 2. The van der Waals surface area contributed by atoms with Gasteiger partial charge in [-0.3, -0.25) is 0 Å². The molecule has 0 bridgehead atoms. The number of urea groups is 1. The zero-order chi connectivity index (χ0) is 22.8. The first-order valence-electron chi connectivity index (χ1n) is 10.2. The molecule has 0 radical (unpaired) electrons. The third-order valence-corrected chi connectivity index (χ3v) is 5.28. The topological polar surface area (TPSA) is 85.2 Å². The van der Waals surface area contributed by atoms with Gasteiger partial charge in [-0.15, -0.1) is 0 Å². The number of benzene rings is 2. The van der Waals surface area contributed by atoms with Crippen LogP contribution < -0.4 is 10.6 Å². The first kappa shape index (κ1) is 21.6. The first-order valence-corrected chi connectivity index (χ1v) is 10.6. The van der Waals surface area contributed by atoms with Crippen molar-refractivity contribution < 1.29 is 14.3 Å². The van der Waals surface area contributed by atoms with Crippen molar-refractivity contribution >= 4 is 23.6 Å². The number of halogens is 1. The molecule has 1 atom stereocenters. The number of allylic oxidation sites excluding steroid dienone is 1. The summed E-state index contributed by atoms with van der Waals surface area (Å²) in [5.41, 5.74) is 3.73. The van der Waals surface area contributed by atoms with Gasteiger partial charge in [0.2, 0.25) is 0 Å². The Labute approximate surface area is 191 Å². The summed E-state index contributed by atoms with van der Waals surface area (Å²) in [6.45, 7) is 5.25. The number of esters is 1. The lowest BCUT2D eigenvalue weighted by molar-refractivity contribution is -0.143. The van der Waals surface area contributed by atoms with Crippen LogP contribution in [0.1, 0.15) is 32.4 Å². The fraction of sp³-hybridized carbons (Fsp3) is 0.208. The zero-order valence-electron chi connectivity index (χ0n) is 17.9. The molecule has 1 aromatic heterocycles. The van der Waals surface area contributed by atoms with E-state index >= 15 is 0 Å². The van der Waals surface area contributed by atoms with E-state index in [1.165, 1.54) is 0 Å². The Morgan fingerprint density at radius 3 is 2.47 bits per heavy atom. The Morgan fingerprint density at radius 2 is 1.81 bits per heavy atom. The van der Waals surface area contributed by atoms with Crippen LogP contribution in [-0.2, 0) is 9.53 Å². The van der Waals surface area contributed by atoms with Crippen molar-refractivity contribution in [1.82, 2.24) is 20.4 Å². The monoisotopic (exact) mass is 450 g/mol. The van der Waals surface area contributed by atoms with E-state index in [0.717, 1.165) is 11.3 Å². The molecule has 1 aliphatic heterocycles. The Morgan fingerprint density at radius 1 is 1.12 bits per heavy atom. The van der Waals surface area contributed by atoms with Crippen LogP contribution in [-0.4, -0.2) is 27.9 Å². The highest BCUT2D eigenvalue weighted by Gasteiger charge is 2.35. The van der Waals surface area contributed by atoms with E-state index in [1.807, 2.05) is 48.7 Å². The number of hydrogen-bond donors (Lipinski definition) is 2. The molecule has 4 rings (SSSR count). The minimum atomic E-state index is -0.738. The summed E-state index contributed by atoms with van der Waals surface area (Å²) in [5, 5.41) is 10.9. The second-order valence-corrected chi connectivity index (χ2v) is 8.18. The van der Waals surface area contributed by atoms with E-state index in [0.29, 0.717) is 27.6 Å². The van der Waals surface area contributed by atoms with Crippen molar-refractivity contribution in [1.29, 1.82) is 0 Å². The van der Waals surface area contributed by atoms with Gasteiger partial charge in [-0.1, -0.05) is 41.9 Å². The minimum absolute atomic E-state index is 0.302. The molecule has 32 heavy (non-hydrogen) atoms. The molecule has 2 heterocycles. The number of rotatable bonds is 5. The van der Waals surface area contributed by atoms with E-state index in [-0.39, 0.29) is 6.10 Å². The number of carbonyl (C=O) groups excluding carboxylic acids is 2. The third-order valence-electron chi connectivity index (χ3n) is 5.02. The summed E-state index contributed by atoms with van der Waals surface area (Å²) in [4.78, 5) is 25.3. The average molecular weight is 451 g/mol. The maximum Gasteiger partial charge on any atom is 0.338 e. The molecule has 1 unspecified atom stereocenters. The Bertz CT molecular complexity index is 1180. The highest BCUT2D eigenvalue weighted by Crippen LogP contribution is 2.35. The molecule has 8 heteroatoms. The lowest BCUT2D eigenvalue weighted by atomic mass is 9.94. The number of hydrogen-bond acceptors (Lipinski definition) is 4. The van der Waals surface area contributed by atoms with Crippen LogP contribution in [0.15, 0.2) is 72.1 Å². The fourth-order valence-corrected chi connectivity index (χ4v) is 3.74. The van der Waals surface area contributed by atoms with Crippen LogP contribution in [0.5, 0.6) is 0 Å². The van der Waals surface area contributed by atoms with Crippen LogP contribution in [0, 0.1) is 0 Å². The molecular formula is C24H23ClN4O3. The lowest BCUT2D eigenvalue weighted by Crippen LogP contribution is -2.45. The van der Waals surface area contributed by atoms with Gasteiger partial charge in [0, 0.05) is 28.0 Å². The van der Waals surface area contributed by atoms with Crippen LogP contribution >= 0.6 is 11.6 Å². The molecule has 0 fully saturated rings. The second kappa shape index (κ2) is 8.88. The first-order chi connectivity index (χ1) is 15.3. The summed E-state index contributed by atoms with van der Waals surface area (Å²) >= 11 is 6.08. The maximum atomic E-state index is 13.0. The van der Waals surface area contributed by atoms with Crippen molar-refractivity contribution in [2.45, 2.75) is 32.9 Å². The molecule has 0 saturated heterocycles. The van der Waals surface area contributed by atoms with Gasteiger partial charge in [0.15, 0.2) is 0 Å². The van der Waals surface area contributed by atoms with Gasteiger partial charge < -0.3 is 15.4 Å². The normalized spacial score (nSPS) is 16.0. The Kier molecular flexibility index (Phi) is 6.01. The average Bonchev–Trinajstić information content (AvgIpc) is 3.19. The van der Waals surface area contributed by atoms with Crippen molar-refractivity contribution in [2.24, 2.45) is 0 Å². The summed E-state index contributed by atoms with van der Waals surface area (Å²) in [6, 6.07) is 15.7. The van der Waals surface area contributed by atoms with Gasteiger partial charge in [-0.25, -0.2) is 14.3 Å². The zero-order valence-corrected chi connectivity index (χ0v) is 18.7. The van der Waals surface area contributed by atoms with E-state index in [1.54, 1.807) is 37.6 Å². The molecule has 2 N–H and O–H groups in total. The van der Waals surface area contributed by atoms with E-state index in [2.05, 4.69) is 10.6 Å². The molecule has 1 aliphatic rings. The van der Waals surface area contributed by atoms with Crippen LogP contribution in [0.25, 0.3) is 16.9 Å². The molecule has 2 aromatic carbocycles. The maximum absolute atomic E-state index is 13.0. The number of carbonyl (C=O) groups is 2. The van der Waals surface area contributed by atoms with Gasteiger partial charge in [0.1, 0.15) is 0 Å². The van der Waals surface area contributed by atoms with Crippen molar-refractivity contribution in [3.63, 3.8) is 0 Å². The Balaban J connectivity index is 1.89. The van der Waals surface area contributed by atoms with Gasteiger partial charge in [-0.05, 0) is 45.0 Å². The largest absolute Gasteiger partial charge is 0.459 e. The van der Waals surface area contributed by atoms with Crippen LogP contribution in [0.2, 0.25) is 5.02 Å². The van der Waals surface area contributed by atoms with Gasteiger partial charge in [-0.2, -0.15) is 5.10 Å². The quantitative estimate of drug-likeness (QED) is 0.548. The molecular weight excluding hydrogens is 428 g/mol. The molecule has 7 nitrogen and oxygen atoms in total. The molecule has 0 spiro atoms. The number of amides is 2. The highest BCUT2D eigenvalue weighted by molar-refractivity contribution is 6.30. The predicted octanol–water partition coefficient (Wildman–Crippen LogP) is 4.77. The molecule has 2 amide bonds. The molecule has 0 aliphatic carbocycles. The summed E-state index contributed by atoms with van der Waals surface area (Å²) in [6.07, 6.45) is 1.52. The van der Waals surface area contributed by atoms with E-state index < -0.39 is 18.0 Å². The number of nitrogens with zero attached hydrogens (tertiary/aromatic N) is 2. The predicted molar refractivity (Wildman–Crippen MR) is 122 cm³/mol. The van der Waals surface area contributed by atoms with Crippen LogP contribution in [0.3, 0.4) is 0 Å². The summed E-state index contributed by atoms with van der Waals surface area (Å²) in [5.74, 6) is -0.496.